The molecule has 1 fully saturated rings. The van der Waals surface area contributed by atoms with Crippen LogP contribution >= 0.6 is 0 Å². The number of carbonyl (C=O) groups is 1. The third-order valence-electron chi connectivity index (χ3n) is 4.02. The summed E-state index contributed by atoms with van der Waals surface area (Å²) in [6.45, 7) is 0. The van der Waals surface area contributed by atoms with Crippen LogP contribution in [0.3, 0.4) is 0 Å². The number of carboxylic acids is 1. The van der Waals surface area contributed by atoms with Crippen LogP contribution in [0, 0.1) is 5.92 Å². The molecule has 1 saturated carbocycles. The van der Waals surface area contributed by atoms with Gasteiger partial charge in [-0.05, 0) is 37.8 Å². The van der Waals surface area contributed by atoms with Crippen molar-refractivity contribution in [2.45, 2.75) is 36.6 Å². The first kappa shape index (κ1) is 14.1. The maximum Gasteiger partial charge on any atom is 0.306 e. The molecule has 1 aliphatic carbocycles. The molecule has 3 rings (SSSR count). The van der Waals surface area contributed by atoms with E-state index in [2.05, 4.69) is 9.71 Å². The lowest BCUT2D eigenvalue weighted by Crippen LogP contribution is -2.27. The Balaban J connectivity index is 1.82. The molecule has 112 valence electrons. The lowest BCUT2D eigenvalue weighted by Gasteiger charge is -2.23. The van der Waals surface area contributed by atoms with E-state index in [1.54, 1.807) is 24.3 Å². The van der Waals surface area contributed by atoms with Crippen molar-refractivity contribution in [3.05, 3.63) is 29.8 Å². The molecule has 0 unspecified atom stereocenters. The summed E-state index contributed by atoms with van der Waals surface area (Å²) in [5, 5.41) is 8.98. The minimum absolute atomic E-state index is 0.0237. The molecule has 0 amide bonds. The van der Waals surface area contributed by atoms with Gasteiger partial charge in [-0.1, -0.05) is 12.1 Å². The average molecular weight is 308 g/mol. The Morgan fingerprint density at radius 2 is 1.86 bits per heavy atom. The van der Waals surface area contributed by atoms with Crippen molar-refractivity contribution in [1.82, 2.24) is 4.72 Å². The maximum absolute atomic E-state index is 12.0. The van der Waals surface area contributed by atoms with Gasteiger partial charge in [-0.15, -0.1) is 0 Å². The molecule has 21 heavy (non-hydrogen) atoms. The van der Waals surface area contributed by atoms with Crippen molar-refractivity contribution < 1.29 is 18.3 Å². The largest absolute Gasteiger partial charge is 0.481 e. The number of sulfonamides is 1. The number of nitrogens with zero attached hydrogens (tertiary/aromatic N) is 1. The van der Waals surface area contributed by atoms with Crippen molar-refractivity contribution in [1.29, 1.82) is 0 Å². The Bertz CT molecular complexity index is 703. The van der Waals surface area contributed by atoms with Crippen molar-refractivity contribution in [3.8, 4) is 0 Å². The minimum atomic E-state index is -3.50. The van der Waals surface area contributed by atoms with E-state index in [-0.39, 0.29) is 16.9 Å². The maximum atomic E-state index is 12.0. The third kappa shape index (κ3) is 2.65. The summed E-state index contributed by atoms with van der Waals surface area (Å²) in [6.07, 6.45) is 2.52. The fraction of sp³-hybridized carbons (Fsp3) is 0.429. The lowest BCUT2D eigenvalue weighted by molar-refractivity contribution is -0.142. The number of hydrogen-bond acceptors (Lipinski definition) is 4. The van der Waals surface area contributed by atoms with Crippen LogP contribution in [0.5, 0.6) is 0 Å². The fourth-order valence-corrected chi connectivity index (χ4v) is 4.10. The number of benzene rings is 1. The van der Waals surface area contributed by atoms with Gasteiger partial charge in [-0.25, -0.2) is 8.42 Å². The number of carboxylic acid groups (broad SMARTS) is 1. The fourth-order valence-electron chi connectivity index (χ4n) is 2.86. The second kappa shape index (κ2) is 5.14. The smallest absolute Gasteiger partial charge is 0.306 e. The van der Waals surface area contributed by atoms with Gasteiger partial charge in [0.2, 0.25) is 0 Å². The summed E-state index contributed by atoms with van der Waals surface area (Å²) in [4.78, 5) is 15.7. The molecule has 1 heterocycles. The standard InChI is InChI=1S/C14H16N2O4S/c17-14(18)9-5-7-10(8-6-9)15-13-11-3-1-2-4-12(11)21(19,20)16-13/h1-4,9-10H,5-8H2,(H,15,16)(H,17,18). The second-order valence-electron chi connectivity index (χ2n) is 5.42. The first-order chi connectivity index (χ1) is 9.97. The molecule has 2 aliphatic rings. The zero-order valence-corrected chi connectivity index (χ0v) is 12.1. The summed E-state index contributed by atoms with van der Waals surface area (Å²) >= 11 is 0. The van der Waals surface area contributed by atoms with Gasteiger partial charge in [-0.3, -0.25) is 14.5 Å². The SMILES string of the molecule is O=C(O)C1CCC(N=C2NS(=O)(=O)c3ccccc32)CC1. The molecular weight excluding hydrogens is 292 g/mol. The lowest BCUT2D eigenvalue weighted by atomic mass is 9.86. The topological polar surface area (TPSA) is 95.8 Å². The summed E-state index contributed by atoms with van der Waals surface area (Å²) in [5.41, 5.74) is 0.595. The molecule has 0 saturated heterocycles. The highest BCUT2D eigenvalue weighted by Gasteiger charge is 2.32. The van der Waals surface area contributed by atoms with E-state index in [1.165, 1.54) is 0 Å². The van der Waals surface area contributed by atoms with Crippen LogP contribution in [0.4, 0.5) is 0 Å². The van der Waals surface area contributed by atoms with E-state index in [4.69, 9.17) is 5.11 Å². The number of fused-ring (bicyclic) bond motifs is 1. The molecule has 1 aromatic carbocycles. The number of hydrogen-bond donors (Lipinski definition) is 2. The van der Waals surface area contributed by atoms with Crippen molar-refractivity contribution in [3.63, 3.8) is 0 Å². The minimum Gasteiger partial charge on any atom is -0.481 e. The second-order valence-corrected chi connectivity index (χ2v) is 7.07. The average Bonchev–Trinajstić information content (AvgIpc) is 2.71. The predicted molar refractivity (Wildman–Crippen MR) is 76.7 cm³/mol. The normalized spacial score (nSPS) is 28.9. The molecule has 0 bridgehead atoms. The van der Waals surface area contributed by atoms with Crippen LogP contribution in [0.25, 0.3) is 0 Å². The number of amidine groups is 1. The quantitative estimate of drug-likeness (QED) is 0.862. The molecule has 1 aliphatic heterocycles. The zero-order valence-electron chi connectivity index (χ0n) is 11.3. The van der Waals surface area contributed by atoms with Crippen molar-refractivity contribution in [2.24, 2.45) is 10.9 Å². The predicted octanol–water partition coefficient (Wildman–Crippen LogP) is 1.37. The summed E-state index contributed by atoms with van der Waals surface area (Å²) in [5.74, 6) is -0.675. The van der Waals surface area contributed by atoms with Crippen LogP contribution in [0.2, 0.25) is 0 Å². The molecule has 0 aromatic heterocycles. The van der Waals surface area contributed by atoms with Crippen LogP contribution in [0.1, 0.15) is 31.2 Å². The van der Waals surface area contributed by atoms with Gasteiger partial charge < -0.3 is 5.11 Å². The van der Waals surface area contributed by atoms with E-state index in [1.807, 2.05) is 0 Å². The Kier molecular flexibility index (Phi) is 3.44. The number of aliphatic carboxylic acids is 1. The summed E-state index contributed by atoms with van der Waals surface area (Å²) < 4.78 is 26.4. The Hall–Kier alpha value is -1.89. The van der Waals surface area contributed by atoms with Gasteiger partial charge in [0, 0.05) is 5.56 Å². The first-order valence-corrected chi connectivity index (χ1v) is 8.38. The van der Waals surface area contributed by atoms with Gasteiger partial charge in [-0.2, -0.15) is 0 Å². The van der Waals surface area contributed by atoms with Gasteiger partial charge in [0.05, 0.1) is 16.9 Å². The number of aliphatic imine (C=N–C) groups is 1. The van der Waals surface area contributed by atoms with Crippen LogP contribution in [-0.4, -0.2) is 31.4 Å². The molecule has 0 radical (unpaired) electrons. The monoisotopic (exact) mass is 308 g/mol. The third-order valence-corrected chi connectivity index (χ3v) is 5.42. The Labute approximate surface area is 123 Å². The molecular formula is C14H16N2O4S. The van der Waals surface area contributed by atoms with E-state index in [9.17, 15) is 13.2 Å². The van der Waals surface area contributed by atoms with Gasteiger partial charge in [0.15, 0.2) is 0 Å². The Morgan fingerprint density at radius 1 is 1.19 bits per heavy atom. The van der Waals surface area contributed by atoms with Gasteiger partial charge >= 0.3 is 5.97 Å². The highest BCUT2D eigenvalue weighted by molar-refractivity contribution is 7.90. The first-order valence-electron chi connectivity index (χ1n) is 6.90. The summed E-state index contributed by atoms with van der Waals surface area (Å²) in [6, 6.07) is 6.72. The number of rotatable bonds is 2. The molecule has 0 atom stereocenters. The van der Waals surface area contributed by atoms with Gasteiger partial charge in [0.1, 0.15) is 5.84 Å². The Morgan fingerprint density at radius 3 is 2.52 bits per heavy atom. The molecule has 0 spiro atoms. The van der Waals surface area contributed by atoms with E-state index in [0.717, 1.165) is 0 Å². The highest BCUT2D eigenvalue weighted by atomic mass is 32.2. The highest BCUT2D eigenvalue weighted by Crippen LogP contribution is 2.28. The van der Waals surface area contributed by atoms with Gasteiger partial charge in [0.25, 0.3) is 10.0 Å². The number of nitrogens with one attached hydrogen (secondary N) is 1. The zero-order chi connectivity index (χ0) is 15.0. The molecule has 6 nitrogen and oxygen atoms in total. The molecule has 2 N–H and O–H groups in total. The van der Waals surface area contributed by atoms with Crippen molar-refractivity contribution in [2.75, 3.05) is 0 Å². The summed E-state index contributed by atoms with van der Waals surface area (Å²) in [7, 11) is -3.50. The molecule has 7 heteroatoms. The van der Waals surface area contributed by atoms with Crippen molar-refractivity contribution >= 4 is 21.8 Å². The van der Waals surface area contributed by atoms with E-state index in [0.29, 0.717) is 37.1 Å². The van der Waals surface area contributed by atoms with E-state index >= 15 is 0 Å². The van der Waals surface area contributed by atoms with Crippen LogP contribution < -0.4 is 4.72 Å². The molecule has 1 aromatic rings. The van der Waals surface area contributed by atoms with Crippen LogP contribution in [0.15, 0.2) is 34.2 Å². The van der Waals surface area contributed by atoms with E-state index < -0.39 is 16.0 Å². The van der Waals surface area contributed by atoms with Crippen LogP contribution in [-0.2, 0) is 14.8 Å².